The summed E-state index contributed by atoms with van der Waals surface area (Å²) >= 11 is 0. The number of furan rings is 1. The molecule has 0 atom stereocenters. The highest BCUT2D eigenvalue weighted by Crippen LogP contribution is 2.28. The van der Waals surface area contributed by atoms with Gasteiger partial charge in [-0.1, -0.05) is 24.3 Å². The summed E-state index contributed by atoms with van der Waals surface area (Å²) in [5, 5.41) is 7.17. The number of carbonyl (C=O) groups excluding carboxylic acids is 1. The standard InChI is InChI=1S/C23H17FN6O2/c24-15-9-7-14(8-10-15)12-26-23(31)19-20-22(29-18-6-2-1-5-17(18)28-20)30(21(19)25)27-13-16-4-3-11-32-16/h1-11,13H,12,25H2,(H,26,31)/b27-13+. The molecule has 0 saturated heterocycles. The lowest BCUT2D eigenvalue weighted by atomic mass is 10.2. The molecule has 9 heteroatoms. The number of anilines is 1. The maximum atomic E-state index is 13.1. The minimum Gasteiger partial charge on any atom is -0.463 e. The van der Waals surface area contributed by atoms with Crippen molar-refractivity contribution in [1.29, 1.82) is 0 Å². The summed E-state index contributed by atoms with van der Waals surface area (Å²) in [4.78, 5) is 22.3. The number of nitrogens with two attached hydrogens (primary N) is 1. The van der Waals surface area contributed by atoms with E-state index in [2.05, 4.69) is 20.4 Å². The lowest BCUT2D eigenvalue weighted by Gasteiger charge is -2.05. The monoisotopic (exact) mass is 428 g/mol. The predicted molar refractivity (Wildman–Crippen MR) is 119 cm³/mol. The van der Waals surface area contributed by atoms with E-state index >= 15 is 0 Å². The average Bonchev–Trinajstić information content (AvgIpc) is 3.41. The third-order valence-electron chi connectivity index (χ3n) is 4.91. The fraction of sp³-hybridized carbons (Fsp3) is 0.0435. The van der Waals surface area contributed by atoms with Gasteiger partial charge < -0.3 is 15.5 Å². The number of benzene rings is 2. The van der Waals surface area contributed by atoms with Crippen molar-refractivity contribution >= 4 is 40.1 Å². The molecular formula is C23H17FN6O2. The zero-order valence-corrected chi connectivity index (χ0v) is 16.7. The molecule has 0 aliphatic carbocycles. The Labute approximate surface area is 181 Å². The van der Waals surface area contributed by atoms with Gasteiger partial charge in [0, 0.05) is 6.54 Å². The maximum Gasteiger partial charge on any atom is 0.257 e. The number of nitrogens with one attached hydrogen (secondary N) is 1. The molecule has 3 N–H and O–H groups in total. The van der Waals surface area contributed by atoms with Gasteiger partial charge in [-0.15, -0.1) is 0 Å². The summed E-state index contributed by atoms with van der Waals surface area (Å²) in [5.74, 6) is -0.172. The summed E-state index contributed by atoms with van der Waals surface area (Å²) in [7, 11) is 0. The molecule has 5 rings (SSSR count). The molecule has 5 aromatic rings. The molecule has 3 heterocycles. The van der Waals surface area contributed by atoms with Crippen molar-refractivity contribution in [3.8, 4) is 0 Å². The van der Waals surface area contributed by atoms with Gasteiger partial charge in [-0.05, 0) is 42.0 Å². The first-order chi connectivity index (χ1) is 15.6. The summed E-state index contributed by atoms with van der Waals surface area (Å²) < 4.78 is 19.8. The van der Waals surface area contributed by atoms with E-state index in [0.29, 0.717) is 28.0 Å². The molecule has 2 aromatic carbocycles. The van der Waals surface area contributed by atoms with Gasteiger partial charge >= 0.3 is 0 Å². The Balaban J connectivity index is 1.58. The highest BCUT2D eigenvalue weighted by molar-refractivity contribution is 6.10. The average molecular weight is 428 g/mol. The summed E-state index contributed by atoms with van der Waals surface area (Å²) in [6.45, 7) is 0.196. The van der Waals surface area contributed by atoms with Crippen LogP contribution < -0.4 is 11.1 Å². The van der Waals surface area contributed by atoms with E-state index in [0.717, 1.165) is 5.56 Å². The van der Waals surface area contributed by atoms with Crippen molar-refractivity contribution in [3.05, 3.63) is 89.6 Å². The van der Waals surface area contributed by atoms with Crippen LogP contribution in [0.15, 0.2) is 76.4 Å². The second kappa shape index (κ2) is 7.95. The van der Waals surface area contributed by atoms with E-state index < -0.39 is 5.91 Å². The molecule has 0 spiro atoms. The molecule has 0 radical (unpaired) electrons. The maximum absolute atomic E-state index is 13.1. The van der Waals surface area contributed by atoms with Gasteiger partial charge in [0.2, 0.25) is 0 Å². The fourth-order valence-corrected chi connectivity index (χ4v) is 3.34. The number of halogens is 1. The fourth-order valence-electron chi connectivity index (χ4n) is 3.34. The Morgan fingerprint density at radius 2 is 1.84 bits per heavy atom. The van der Waals surface area contributed by atoms with Crippen LogP contribution in [0.5, 0.6) is 0 Å². The Morgan fingerprint density at radius 3 is 2.56 bits per heavy atom. The second-order valence-electron chi connectivity index (χ2n) is 7.03. The lowest BCUT2D eigenvalue weighted by Crippen LogP contribution is -2.23. The Bertz CT molecular complexity index is 1460. The third-order valence-corrected chi connectivity index (χ3v) is 4.91. The number of para-hydroxylation sites is 2. The van der Waals surface area contributed by atoms with Gasteiger partial charge in [0.25, 0.3) is 5.91 Å². The van der Waals surface area contributed by atoms with Crippen molar-refractivity contribution in [2.45, 2.75) is 6.54 Å². The van der Waals surface area contributed by atoms with Crippen molar-refractivity contribution in [1.82, 2.24) is 20.0 Å². The van der Waals surface area contributed by atoms with Crippen LogP contribution in [-0.4, -0.2) is 26.8 Å². The van der Waals surface area contributed by atoms with Gasteiger partial charge in [-0.3, -0.25) is 4.79 Å². The predicted octanol–water partition coefficient (Wildman–Crippen LogP) is 3.71. The Kier molecular flexibility index (Phi) is 4.83. The number of hydrogen-bond donors (Lipinski definition) is 2. The van der Waals surface area contributed by atoms with E-state index in [1.807, 2.05) is 24.3 Å². The van der Waals surface area contributed by atoms with E-state index in [4.69, 9.17) is 10.2 Å². The van der Waals surface area contributed by atoms with Gasteiger partial charge in [-0.25, -0.2) is 14.4 Å². The van der Waals surface area contributed by atoms with Crippen LogP contribution in [0.25, 0.3) is 22.2 Å². The number of fused-ring (bicyclic) bond motifs is 2. The number of hydrogen-bond acceptors (Lipinski definition) is 6. The van der Waals surface area contributed by atoms with E-state index in [-0.39, 0.29) is 23.7 Å². The summed E-state index contributed by atoms with van der Waals surface area (Å²) in [6, 6.07) is 16.7. The van der Waals surface area contributed by atoms with Crippen molar-refractivity contribution in [2.24, 2.45) is 5.10 Å². The minimum absolute atomic E-state index is 0.0923. The number of aromatic nitrogens is 3. The molecular weight excluding hydrogens is 411 g/mol. The zero-order chi connectivity index (χ0) is 22.1. The topological polar surface area (TPSA) is 111 Å². The number of carbonyl (C=O) groups is 1. The highest BCUT2D eigenvalue weighted by Gasteiger charge is 2.24. The first-order valence-electron chi connectivity index (χ1n) is 9.77. The van der Waals surface area contributed by atoms with Gasteiger partial charge in [0.1, 0.15) is 28.5 Å². The minimum atomic E-state index is -0.437. The molecule has 158 valence electrons. The highest BCUT2D eigenvalue weighted by atomic mass is 19.1. The first-order valence-corrected chi connectivity index (χ1v) is 9.77. The smallest absolute Gasteiger partial charge is 0.257 e. The van der Waals surface area contributed by atoms with E-state index in [1.165, 1.54) is 29.3 Å². The quantitative estimate of drug-likeness (QED) is 0.415. The molecule has 0 fully saturated rings. The van der Waals surface area contributed by atoms with Crippen LogP contribution in [0.2, 0.25) is 0 Å². The van der Waals surface area contributed by atoms with Gasteiger partial charge in [0.15, 0.2) is 5.65 Å². The zero-order valence-electron chi connectivity index (χ0n) is 16.7. The third kappa shape index (κ3) is 3.56. The number of nitrogen functional groups attached to an aromatic ring is 1. The largest absolute Gasteiger partial charge is 0.463 e. The van der Waals surface area contributed by atoms with E-state index in [1.54, 1.807) is 24.3 Å². The Hall–Kier alpha value is -4.53. The SMILES string of the molecule is Nc1c(C(=O)NCc2ccc(F)cc2)c2nc3ccccc3nc2n1/N=C/c1ccco1. The molecule has 8 nitrogen and oxygen atoms in total. The van der Waals surface area contributed by atoms with Crippen LogP contribution in [0, 0.1) is 5.82 Å². The number of rotatable bonds is 5. The first kappa shape index (κ1) is 19.4. The number of nitrogens with zero attached hydrogens (tertiary/aromatic N) is 4. The summed E-state index contributed by atoms with van der Waals surface area (Å²) in [6.07, 6.45) is 3.01. The molecule has 0 bridgehead atoms. The van der Waals surface area contributed by atoms with Crippen LogP contribution >= 0.6 is 0 Å². The van der Waals surface area contributed by atoms with Crippen LogP contribution in [0.3, 0.4) is 0 Å². The number of amides is 1. The van der Waals surface area contributed by atoms with Crippen molar-refractivity contribution < 1.29 is 13.6 Å². The normalized spacial score (nSPS) is 11.5. The summed E-state index contributed by atoms with van der Waals surface area (Å²) in [5.41, 5.74) is 9.18. The Morgan fingerprint density at radius 1 is 1.09 bits per heavy atom. The molecule has 0 aliphatic heterocycles. The molecule has 32 heavy (non-hydrogen) atoms. The lowest BCUT2D eigenvalue weighted by molar-refractivity contribution is 0.0953. The van der Waals surface area contributed by atoms with Crippen LogP contribution in [-0.2, 0) is 6.54 Å². The molecule has 0 aliphatic rings. The van der Waals surface area contributed by atoms with Crippen LogP contribution in [0.4, 0.5) is 10.2 Å². The van der Waals surface area contributed by atoms with E-state index in [9.17, 15) is 9.18 Å². The molecule has 3 aromatic heterocycles. The van der Waals surface area contributed by atoms with Gasteiger partial charge in [-0.2, -0.15) is 9.78 Å². The van der Waals surface area contributed by atoms with Gasteiger partial charge in [0.05, 0.1) is 23.5 Å². The molecule has 0 saturated carbocycles. The molecule has 0 unspecified atom stereocenters. The van der Waals surface area contributed by atoms with Crippen molar-refractivity contribution in [2.75, 3.05) is 5.73 Å². The van der Waals surface area contributed by atoms with Crippen LogP contribution in [0.1, 0.15) is 21.7 Å². The second-order valence-corrected chi connectivity index (χ2v) is 7.03. The molecule has 1 amide bonds. The van der Waals surface area contributed by atoms with Crippen molar-refractivity contribution in [3.63, 3.8) is 0 Å².